The van der Waals surface area contributed by atoms with Crippen LogP contribution in [0.2, 0.25) is 0 Å². The number of nitrogens with zero attached hydrogens (tertiary/aromatic N) is 1. The lowest BCUT2D eigenvalue weighted by Gasteiger charge is -2.00. The molecule has 1 fully saturated rings. The number of halogens is 1. The lowest BCUT2D eigenvalue weighted by atomic mass is 10.3. The van der Waals surface area contributed by atoms with Crippen LogP contribution < -0.4 is 5.32 Å². The number of hydrogen-bond donors (Lipinski definition) is 1. The number of rotatable bonds is 1. The summed E-state index contributed by atoms with van der Waals surface area (Å²) >= 11 is 0. The van der Waals surface area contributed by atoms with Crippen LogP contribution in [0.5, 0.6) is 0 Å². The first-order chi connectivity index (χ1) is 4.18. The molecule has 0 aromatic heterocycles. The van der Waals surface area contributed by atoms with E-state index in [1.54, 1.807) is 0 Å². The molecule has 0 bridgehead atoms. The summed E-state index contributed by atoms with van der Waals surface area (Å²) in [5, 5.41) is 10.2. The van der Waals surface area contributed by atoms with Crippen LogP contribution in [0.15, 0.2) is 0 Å². The van der Waals surface area contributed by atoms with Gasteiger partial charge in [-0.15, -0.1) is 4.39 Å². The number of nitrogens with one attached hydrogen (secondary N) is 1. The van der Waals surface area contributed by atoms with E-state index in [4.69, 9.17) is 5.26 Å². The summed E-state index contributed by atoms with van der Waals surface area (Å²) < 4.78 is 11.5. The lowest BCUT2D eigenvalue weighted by molar-refractivity contribution is 0.218. The van der Waals surface area contributed by atoms with Crippen molar-refractivity contribution in [2.45, 2.75) is 18.4 Å². The summed E-state index contributed by atoms with van der Waals surface area (Å²) in [4.78, 5) is 9.73. The second-order valence-electron chi connectivity index (χ2n) is 2.09. The second kappa shape index (κ2) is 1.69. The average Bonchev–Trinajstić information content (AvgIpc) is 2.48. The van der Waals surface area contributed by atoms with E-state index in [1.807, 2.05) is 11.4 Å². The van der Waals surface area contributed by atoms with Crippen molar-refractivity contribution in [2.24, 2.45) is 0 Å². The molecule has 0 heterocycles. The van der Waals surface area contributed by atoms with E-state index in [0.29, 0.717) is 12.8 Å². The lowest BCUT2D eigenvalue weighted by Crippen LogP contribution is -2.31. The fraction of sp³-hybridized carbons (Fsp3) is 0.600. The van der Waals surface area contributed by atoms with E-state index in [2.05, 4.69) is 0 Å². The molecule has 1 aliphatic carbocycles. The summed E-state index contributed by atoms with van der Waals surface area (Å²) in [5.41, 5.74) is -0.855. The molecule has 9 heavy (non-hydrogen) atoms. The van der Waals surface area contributed by atoms with Crippen molar-refractivity contribution in [1.82, 2.24) is 5.32 Å². The average molecular weight is 128 g/mol. The third-order valence-corrected chi connectivity index (χ3v) is 1.30. The van der Waals surface area contributed by atoms with Gasteiger partial charge in [0.1, 0.15) is 5.54 Å². The molecule has 0 atom stereocenters. The van der Waals surface area contributed by atoms with E-state index in [1.165, 1.54) is 0 Å². The van der Waals surface area contributed by atoms with Gasteiger partial charge in [-0.2, -0.15) is 5.26 Å². The Kier molecular flexibility index (Phi) is 1.13. The predicted octanol–water partition coefficient (Wildman–Crippen LogP) is 0.722. The smallest absolute Gasteiger partial charge is 0.309 e. The molecule has 0 radical (unpaired) electrons. The number of hydrogen-bond acceptors (Lipinski definition) is 2. The Hall–Kier alpha value is -1.11. The van der Waals surface area contributed by atoms with Crippen molar-refractivity contribution < 1.29 is 9.18 Å². The molecule has 1 saturated carbocycles. The fourth-order valence-electron chi connectivity index (χ4n) is 0.578. The number of carbonyl (C=O) groups excluding carboxylic acids is 1. The van der Waals surface area contributed by atoms with Crippen LogP contribution >= 0.6 is 0 Å². The first-order valence-corrected chi connectivity index (χ1v) is 2.57. The Morgan fingerprint density at radius 2 is 2.33 bits per heavy atom. The van der Waals surface area contributed by atoms with Crippen LogP contribution in [-0.2, 0) is 0 Å². The van der Waals surface area contributed by atoms with Crippen LogP contribution in [0, 0.1) is 11.3 Å². The van der Waals surface area contributed by atoms with Gasteiger partial charge in [0, 0.05) is 0 Å². The van der Waals surface area contributed by atoms with Crippen molar-refractivity contribution in [3.05, 3.63) is 0 Å². The Labute approximate surface area is 51.5 Å². The van der Waals surface area contributed by atoms with Crippen molar-refractivity contribution in [1.29, 1.82) is 5.26 Å². The molecule has 3 nitrogen and oxygen atoms in total. The first kappa shape index (κ1) is 6.02. The Balaban J connectivity index is 2.45. The summed E-state index contributed by atoms with van der Waals surface area (Å²) in [6.45, 7) is 0. The highest BCUT2D eigenvalue weighted by atomic mass is 19.1. The standard InChI is InChI=1S/C5H5FN2O/c6-4(9)8-5(3-7)1-2-5/h1-2H2,(H,8,9). The molecule has 1 amide bonds. The van der Waals surface area contributed by atoms with Crippen LogP contribution in [0.1, 0.15) is 12.8 Å². The summed E-state index contributed by atoms with van der Waals surface area (Å²) in [7, 11) is 0. The maximum atomic E-state index is 11.5. The highest BCUT2D eigenvalue weighted by Gasteiger charge is 2.44. The van der Waals surface area contributed by atoms with Crippen molar-refractivity contribution in [3.63, 3.8) is 0 Å². The molecule has 0 aromatic carbocycles. The third kappa shape index (κ3) is 1.17. The first-order valence-electron chi connectivity index (χ1n) is 2.57. The van der Waals surface area contributed by atoms with Gasteiger partial charge in [-0.1, -0.05) is 0 Å². The van der Waals surface area contributed by atoms with Crippen molar-refractivity contribution in [2.75, 3.05) is 0 Å². The quantitative estimate of drug-likeness (QED) is 0.418. The highest BCUT2D eigenvalue weighted by molar-refractivity contribution is 5.68. The molecule has 0 unspecified atom stereocenters. The van der Waals surface area contributed by atoms with Gasteiger partial charge in [0.25, 0.3) is 0 Å². The minimum Gasteiger partial charge on any atom is -0.309 e. The van der Waals surface area contributed by atoms with Gasteiger partial charge in [0.05, 0.1) is 6.07 Å². The van der Waals surface area contributed by atoms with E-state index >= 15 is 0 Å². The molecule has 0 spiro atoms. The van der Waals surface area contributed by atoms with Gasteiger partial charge in [-0.05, 0) is 12.8 Å². The third-order valence-electron chi connectivity index (χ3n) is 1.30. The van der Waals surface area contributed by atoms with Crippen LogP contribution in [0.3, 0.4) is 0 Å². The van der Waals surface area contributed by atoms with Crippen LogP contribution in [0.4, 0.5) is 9.18 Å². The van der Waals surface area contributed by atoms with Crippen molar-refractivity contribution >= 4 is 6.16 Å². The minimum absolute atomic E-state index is 0.569. The zero-order chi connectivity index (χ0) is 6.91. The van der Waals surface area contributed by atoms with Crippen LogP contribution in [0.25, 0.3) is 0 Å². The number of nitriles is 1. The number of carbonyl (C=O) groups is 1. The SMILES string of the molecule is N#CC1(NC(=O)F)CC1. The molecule has 1 rings (SSSR count). The fourth-order valence-corrected chi connectivity index (χ4v) is 0.578. The maximum Gasteiger partial charge on any atom is 0.398 e. The molecule has 0 saturated heterocycles. The zero-order valence-corrected chi connectivity index (χ0v) is 4.65. The van der Waals surface area contributed by atoms with Gasteiger partial charge < -0.3 is 5.32 Å². The van der Waals surface area contributed by atoms with E-state index in [9.17, 15) is 9.18 Å². The van der Waals surface area contributed by atoms with Gasteiger partial charge in [0.15, 0.2) is 0 Å². The summed E-state index contributed by atoms with van der Waals surface area (Å²) in [6.07, 6.45) is -0.479. The number of amides is 1. The maximum absolute atomic E-state index is 11.5. The van der Waals surface area contributed by atoms with E-state index < -0.39 is 11.7 Å². The highest BCUT2D eigenvalue weighted by Crippen LogP contribution is 2.34. The summed E-state index contributed by atoms with van der Waals surface area (Å²) in [5.74, 6) is 0. The van der Waals surface area contributed by atoms with Gasteiger partial charge >= 0.3 is 6.16 Å². The van der Waals surface area contributed by atoms with Gasteiger partial charge in [0.2, 0.25) is 0 Å². The summed E-state index contributed by atoms with van der Waals surface area (Å²) in [6, 6.07) is 1.81. The molecular formula is C5H5FN2O. The molecule has 4 heteroatoms. The largest absolute Gasteiger partial charge is 0.398 e. The Bertz CT molecular complexity index is 180. The van der Waals surface area contributed by atoms with Gasteiger partial charge in [-0.25, -0.2) is 4.79 Å². The van der Waals surface area contributed by atoms with Gasteiger partial charge in [-0.3, -0.25) is 0 Å². The Morgan fingerprint density at radius 1 is 1.78 bits per heavy atom. The zero-order valence-electron chi connectivity index (χ0n) is 4.65. The minimum atomic E-state index is -1.62. The molecule has 48 valence electrons. The molecular weight excluding hydrogens is 123 g/mol. The predicted molar refractivity (Wildman–Crippen MR) is 27.2 cm³/mol. The molecule has 1 aliphatic rings. The van der Waals surface area contributed by atoms with E-state index in [-0.39, 0.29) is 0 Å². The monoisotopic (exact) mass is 128 g/mol. The Morgan fingerprint density at radius 3 is 2.44 bits per heavy atom. The normalized spacial score (nSPS) is 20.0. The topological polar surface area (TPSA) is 52.9 Å². The van der Waals surface area contributed by atoms with E-state index in [0.717, 1.165) is 0 Å². The molecule has 0 aliphatic heterocycles. The van der Waals surface area contributed by atoms with Crippen LogP contribution in [-0.4, -0.2) is 11.7 Å². The second-order valence-corrected chi connectivity index (χ2v) is 2.09. The van der Waals surface area contributed by atoms with Crippen molar-refractivity contribution in [3.8, 4) is 6.07 Å². The molecule has 0 aromatic rings. The molecule has 1 N–H and O–H groups in total.